The zero-order chi connectivity index (χ0) is 10.3. The minimum absolute atomic E-state index is 0.708. The van der Waals surface area contributed by atoms with Crippen LogP contribution in [0.25, 0.3) is 0 Å². The van der Waals surface area contributed by atoms with E-state index in [2.05, 4.69) is 21.8 Å². The summed E-state index contributed by atoms with van der Waals surface area (Å²) in [7, 11) is 0. The largest absolute Gasteiger partial charge is 0.334 e. The third-order valence-corrected chi connectivity index (χ3v) is 3.92. The van der Waals surface area contributed by atoms with E-state index in [0.29, 0.717) is 12.0 Å². The molecular weight excluding hydrogens is 186 g/mol. The Morgan fingerprint density at radius 3 is 3.13 bits per heavy atom. The average Bonchev–Trinajstić information content (AvgIpc) is 2.88. The van der Waals surface area contributed by atoms with Crippen LogP contribution >= 0.6 is 0 Å². The van der Waals surface area contributed by atoms with Gasteiger partial charge in [-0.25, -0.2) is 4.98 Å². The van der Waals surface area contributed by atoms with Gasteiger partial charge in [0.2, 0.25) is 0 Å². The number of nitrogens with one attached hydrogen (secondary N) is 1. The van der Waals surface area contributed by atoms with Crippen LogP contribution in [0.15, 0.2) is 6.33 Å². The number of aromatic nitrogens is 2. The molecule has 3 nitrogen and oxygen atoms in total. The maximum Gasteiger partial charge on any atom is 0.0951 e. The highest BCUT2D eigenvalue weighted by Gasteiger charge is 2.31. The van der Waals surface area contributed by atoms with Gasteiger partial charge in [-0.3, -0.25) is 0 Å². The monoisotopic (exact) mass is 205 g/mol. The summed E-state index contributed by atoms with van der Waals surface area (Å²) >= 11 is 0. The third kappa shape index (κ3) is 1.49. The van der Waals surface area contributed by atoms with E-state index >= 15 is 0 Å². The van der Waals surface area contributed by atoms with Crippen LogP contribution in [0.4, 0.5) is 0 Å². The van der Waals surface area contributed by atoms with Crippen LogP contribution in [0.1, 0.15) is 43.0 Å². The summed E-state index contributed by atoms with van der Waals surface area (Å²) in [5.41, 5.74) is 2.74. The molecule has 2 aliphatic rings. The van der Waals surface area contributed by atoms with E-state index in [0.717, 1.165) is 0 Å². The van der Waals surface area contributed by atoms with E-state index < -0.39 is 0 Å². The first-order valence-corrected chi connectivity index (χ1v) is 6.11. The Labute approximate surface area is 90.9 Å². The molecular formula is C12H19N3. The van der Waals surface area contributed by atoms with Crippen LogP contribution in [0.2, 0.25) is 0 Å². The van der Waals surface area contributed by atoms with Crippen molar-refractivity contribution < 1.29 is 0 Å². The second-order valence-electron chi connectivity index (χ2n) is 4.86. The van der Waals surface area contributed by atoms with Crippen molar-refractivity contribution in [2.75, 3.05) is 6.54 Å². The SMILES string of the molecule is Cc1ncn2c1C(C1CCCN1)CCC2. The van der Waals surface area contributed by atoms with Gasteiger partial charge in [-0.2, -0.15) is 0 Å². The van der Waals surface area contributed by atoms with Crippen molar-refractivity contribution in [1.29, 1.82) is 0 Å². The van der Waals surface area contributed by atoms with Crippen LogP contribution in [-0.2, 0) is 6.54 Å². The molecule has 3 rings (SSSR count). The molecule has 2 unspecified atom stereocenters. The molecule has 0 bridgehead atoms. The molecule has 0 spiro atoms. The molecule has 2 atom stereocenters. The Morgan fingerprint density at radius 2 is 2.33 bits per heavy atom. The summed E-state index contributed by atoms with van der Waals surface area (Å²) in [6.45, 7) is 4.52. The smallest absolute Gasteiger partial charge is 0.0951 e. The normalized spacial score (nSPS) is 30.5. The molecule has 1 N–H and O–H groups in total. The zero-order valence-electron chi connectivity index (χ0n) is 9.37. The summed E-state index contributed by atoms with van der Waals surface area (Å²) in [5.74, 6) is 0.712. The van der Waals surface area contributed by atoms with Gasteiger partial charge in [0, 0.05) is 24.2 Å². The maximum atomic E-state index is 4.46. The molecule has 0 aliphatic carbocycles. The quantitative estimate of drug-likeness (QED) is 0.758. The van der Waals surface area contributed by atoms with Gasteiger partial charge in [0.15, 0.2) is 0 Å². The van der Waals surface area contributed by atoms with Crippen molar-refractivity contribution in [2.45, 2.75) is 51.1 Å². The molecule has 0 aromatic carbocycles. The van der Waals surface area contributed by atoms with E-state index in [1.54, 1.807) is 0 Å². The van der Waals surface area contributed by atoms with E-state index in [-0.39, 0.29) is 0 Å². The van der Waals surface area contributed by atoms with Crippen LogP contribution < -0.4 is 5.32 Å². The van der Waals surface area contributed by atoms with Crippen LogP contribution in [0, 0.1) is 6.92 Å². The molecule has 0 amide bonds. The average molecular weight is 205 g/mol. The fourth-order valence-corrected chi connectivity index (χ4v) is 3.22. The lowest BCUT2D eigenvalue weighted by atomic mass is 9.87. The van der Waals surface area contributed by atoms with Crippen LogP contribution in [0.5, 0.6) is 0 Å². The fourth-order valence-electron chi connectivity index (χ4n) is 3.22. The molecule has 0 saturated carbocycles. The standard InChI is InChI=1S/C12H19N3/c1-9-12-10(11-5-2-6-13-11)4-3-7-15(12)8-14-9/h8,10-11,13H,2-7H2,1H3. The van der Waals surface area contributed by atoms with Crippen molar-refractivity contribution in [2.24, 2.45) is 0 Å². The van der Waals surface area contributed by atoms with Crippen LogP contribution in [0.3, 0.4) is 0 Å². The van der Waals surface area contributed by atoms with Crippen molar-refractivity contribution in [1.82, 2.24) is 14.9 Å². The minimum atomic E-state index is 0.708. The number of hydrogen-bond donors (Lipinski definition) is 1. The first-order chi connectivity index (χ1) is 7.36. The minimum Gasteiger partial charge on any atom is -0.334 e. The maximum absolute atomic E-state index is 4.46. The molecule has 82 valence electrons. The Balaban J connectivity index is 1.93. The molecule has 2 aliphatic heterocycles. The molecule has 3 heteroatoms. The Morgan fingerprint density at radius 1 is 1.40 bits per heavy atom. The molecule has 1 fully saturated rings. The van der Waals surface area contributed by atoms with E-state index in [1.165, 1.54) is 50.2 Å². The zero-order valence-corrected chi connectivity index (χ0v) is 9.37. The van der Waals surface area contributed by atoms with Gasteiger partial charge in [-0.15, -0.1) is 0 Å². The fraction of sp³-hybridized carbons (Fsp3) is 0.750. The summed E-state index contributed by atoms with van der Waals surface area (Å²) in [6.07, 6.45) is 7.35. The number of imidazole rings is 1. The second kappa shape index (κ2) is 3.63. The van der Waals surface area contributed by atoms with E-state index in [9.17, 15) is 0 Å². The highest BCUT2D eigenvalue weighted by Crippen LogP contribution is 2.34. The number of hydrogen-bond acceptors (Lipinski definition) is 2. The lowest BCUT2D eigenvalue weighted by Gasteiger charge is -2.29. The summed E-state index contributed by atoms with van der Waals surface area (Å²) in [5, 5.41) is 3.64. The van der Waals surface area contributed by atoms with Gasteiger partial charge in [0.25, 0.3) is 0 Å². The van der Waals surface area contributed by atoms with Gasteiger partial charge in [0.05, 0.1) is 12.0 Å². The van der Waals surface area contributed by atoms with Gasteiger partial charge < -0.3 is 9.88 Å². The van der Waals surface area contributed by atoms with Crippen molar-refractivity contribution in [3.63, 3.8) is 0 Å². The second-order valence-corrected chi connectivity index (χ2v) is 4.86. The Kier molecular flexibility index (Phi) is 2.28. The van der Waals surface area contributed by atoms with Gasteiger partial charge >= 0.3 is 0 Å². The predicted molar refractivity (Wildman–Crippen MR) is 60.0 cm³/mol. The van der Waals surface area contributed by atoms with Gasteiger partial charge in [-0.05, 0) is 39.2 Å². The highest BCUT2D eigenvalue weighted by atomic mass is 15.1. The van der Waals surface area contributed by atoms with Crippen LogP contribution in [-0.4, -0.2) is 22.1 Å². The molecule has 0 radical (unpaired) electrons. The molecule has 1 saturated heterocycles. The van der Waals surface area contributed by atoms with Gasteiger partial charge in [0.1, 0.15) is 0 Å². The van der Waals surface area contributed by atoms with Crippen molar-refractivity contribution in [3.8, 4) is 0 Å². The first-order valence-electron chi connectivity index (χ1n) is 6.11. The lowest BCUT2D eigenvalue weighted by Crippen LogP contribution is -2.32. The molecule has 1 aromatic heterocycles. The highest BCUT2D eigenvalue weighted by molar-refractivity contribution is 5.21. The number of fused-ring (bicyclic) bond motifs is 1. The summed E-state index contributed by atoms with van der Waals surface area (Å²) in [4.78, 5) is 4.46. The topological polar surface area (TPSA) is 29.9 Å². The number of nitrogens with zero attached hydrogens (tertiary/aromatic N) is 2. The third-order valence-electron chi connectivity index (χ3n) is 3.92. The lowest BCUT2D eigenvalue weighted by molar-refractivity contribution is 0.378. The summed E-state index contributed by atoms with van der Waals surface area (Å²) in [6, 6.07) is 0.708. The van der Waals surface area contributed by atoms with Gasteiger partial charge in [-0.1, -0.05) is 0 Å². The predicted octanol–water partition coefficient (Wildman–Crippen LogP) is 1.82. The number of rotatable bonds is 1. The molecule has 3 heterocycles. The first kappa shape index (κ1) is 9.40. The van der Waals surface area contributed by atoms with Crippen molar-refractivity contribution >= 4 is 0 Å². The Hall–Kier alpha value is -0.830. The molecule has 1 aromatic rings. The number of aryl methyl sites for hydroxylation is 2. The Bertz CT molecular complexity index is 350. The molecule has 15 heavy (non-hydrogen) atoms. The van der Waals surface area contributed by atoms with E-state index in [4.69, 9.17) is 0 Å². The van der Waals surface area contributed by atoms with E-state index in [1.807, 2.05) is 6.33 Å². The summed E-state index contributed by atoms with van der Waals surface area (Å²) < 4.78 is 2.36. The van der Waals surface area contributed by atoms with Crippen molar-refractivity contribution in [3.05, 3.63) is 17.7 Å².